The van der Waals surface area contributed by atoms with Crippen molar-refractivity contribution in [1.29, 1.82) is 0 Å². The van der Waals surface area contributed by atoms with Crippen LogP contribution in [0.4, 0.5) is 0 Å². The molecule has 0 bridgehead atoms. The number of nitrogens with one attached hydrogen (secondary N) is 1. The second-order valence-corrected chi connectivity index (χ2v) is 9.08. The number of halogens is 1. The summed E-state index contributed by atoms with van der Waals surface area (Å²) in [6.45, 7) is -0.0237. The molecule has 1 atom stereocenters. The highest BCUT2D eigenvalue weighted by molar-refractivity contribution is 9.11. The predicted molar refractivity (Wildman–Crippen MR) is 78.5 cm³/mol. The molecule has 0 fully saturated rings. The van der Waals surface area contributed by atoms with Gasteiger partial charge in [0.05, 0.1) is 28.0 Å². The van der Waals surface area contributed by atoms with Crippen LogP contribution in [0.2, 0.25) is 0 Å². The van der Waals surface area contributed by atoms with Crippen LogP contribution in [0.25, 0.3) is 0 Å². The van der Waals surface area contributed by atoms with Gasteiger partial charge >= 0.3 is 5.97 Å². The van der Waals surface area contributed by atoms with E-state index in [2.05, 4.69) is 25.9 Å². The number of rotatable bonds is 3. The quantitative estimate of drug-likeness (QED) is 0.823. The molecule has 2 aromatic rings. The summed E-state index contributed by atoms with van der Waals surface area (Å²) in [6, 6.07) is 1.94. The SMILES string of the molecule is O=C(O)C1Cc2nc[nH]c2CN1S(=O)(=O)c1ccc(Br)s1. The van der Waals surface area contributed by atoms with Crippen LogP contribution < -0.4 is 0 Å². The highest BCUT2D eigenvalue weighted by atomic mass is 79.9. The van der Waals surface area contributed by atoms with Gasteiger partial charge in [-0.3, -0.25) is 4.79 Å². The Hall–Kier alpha value is -1.23. The molecule has 1 aliphatic heterocycles. The van der Waals surface area contributed by atoms with E-state index in [-0.39, 0.29) is 17.2 Å². The predicted octanol–water partition coefficient (Wildman–Crippen LogP) is 1.43. The fourth-order valence-corrected chi connectivity index (χ4v) is 5.92. The molecular weight excluding hydrogens is 382 g/mol. The molecule has 21 heavy (non-hydrogen) atoms. The maximum Gasteiger partial charge on any atom is 0.322 e. The van der Waals surface area contributed by atoms with E-state index in [0.29, 0.717) is 15.2 Å². The smallest absolute Gasteiger partial charge is 0.322 e. The minimum Gasteiger partial charge on any atom is -0.480 e. The fraction of sp³-hybridized carbons (Fsp3) is 0.273. The number of fused-ring (bicyclic) bond motifs is 1. The van der Waals surface area contributed by atoms with Crippen LogP contribution in [-0.2, 0) is 27.8 Å². The van der Waals surface area contributed by atoms with Gasteiger partial charge < -0.3 is 10.1 Å². The molecule has 1 aliphatic rings. The van der Waals surface area contributed by atoms with E-state index in [4.69, 9.17) is 0 Å². The number of hydrogen-bond donors (Lipinski definition) is 2. The average molecular weight is 392 g/mol. The lowest BCUT2D eigenvalue weighted by molar-refractivity contribution is -0.141. The molecule has 0 spiro atoms. The second kappa shape index (κ2) is 5.20. The van der Waals surface area contributed by atoms with Gasteiger partial charge in [-0.2, -0.15) is 4.31 Å². The second-order valence-electron chi connectivity index (χ2n) is 4.49. The van der Waals surface area contributed by atoms with Gasteiger partial charge in [0.15, 0.2) is 0 Å². The zero-order chi connectivity index (χ0) is 15.2. The average Bonchev–Trinajstić information content (AvgIpc) is 3.05. The van der Waals surface area contributed by atoms with Crippen molar-refractivity contribution in [2.45, 2.75) is 23.2 Å². The van der Waals surface area contributed by atoms with Crippen molar-refractivity contribution in [1.82, 2.24) is 14.3 Å². The number of H-pyrrole nitrogens is 1. The van der Waals surface area contributed by atoms with Crippen molar-refractivity contribution >= 4 is 43.3 Å². The van der Waals surface area contributed by atoms with Crippen molar-refractivity contribution in [2.24, 2.45) is 0 Å². The van der Waals surface area contributed by atoms with Gasteiger partial charge in [-0.25, -0.2) is 13.4 Å². The van der Waals surface area contributed by atoms with E-state index < -0.39 is 22.0 Å². The minimum absolute atomic E-state index is 0.0237. The van der Waals surface area contributed by atoms with Gasteiger partial charge in [0.1, 0.15) is 10.3 Å². The molecule has 0 saturated carbocycles. The maximum absolute atomic E-state index is 12.7. The van der Waals surface area contributed by atoms with E-state index in [1.165, 1.54) is 12.4 Å². The molecule has 1 unspecified atom stereocenters. The molecule has 7 nitrogen and oxygen atoms in total. The van der Waals surface area contributed by atoms with Crippen molar-refractivity contribution < 1.29 is 18.3 Å². The van der Waals surface area contributed by atoms with Crippen LogP contribution in [-0.4, -0.2) is 39.8 Å². The lowest BCUT2D eigenvalue weighted by atomic mass is 10.1. The molecule has 0 saturated heterocycles. The molecule has 0 aliphatic carbocycles. The van der Waals surface area contributed by atoms with Crippen LogP contribution in [0.3, 0.4) is 0 Å². The number of hydrogen-bond acceptors (Lipinski definition) is 5. The number of thiophene rings is 1. The molecule has 0 radical (unpaired) electrons. The number of carbonyl (C=O) groups is 1. The van der Waals surface area contributed by atoms with Crippen LogP contribution in [0.5, 0.6) is 0 Å². The van der Waals surface area contributed by atoms with Crippen LogP contribution in [0.1, 0.15) is 11.4 Å². The third-order valence-electron chi connectivity index (χ3n) is 3.25. The topological polar surface area (TPSA) is 103 Å². The monoisotopic (exact) mass is 391 g/mol. The summed E-state index contributed by atoms with van der Waals surface area (Å²) in [5.41, 5.74) is 1.23. The molecule has 2 aromatic heterocycles. The van der Waals surface area contributed by atoms with Crippen LogP contribution in [0.15, 0.2) is 26.5 Å². The van der Waals surface area contributed by atoms with Gasteiger partial charge in [0.2, 0.25) is 0 Å². The lowest BCUT2D eigenvalue weighted by Gasteiger charge is -2.30. The summed E-state index contributed by atoms with van der Waals surface area (Å²) >= 11 is 4.27. The molecule has 0 aromatic carbocycles. The molecule has 10 heteroatoms. The third-order valence-corrected chi connectivity index (χ3v) is 7.20. The Labute approximate surface area is 132 Å². The Kier molecular flexibility index (Phi) is 3.64. The molecule has 3 rings (SSSR count). The van der Waals surface area contributed by atoms with Gasteiger partial charge in [0.25, 0.3) is 10.0 Å². The number of aromatic amines is 1. The number of imidazole rings is 1. The van der Waals surface area contributed by atoms with E-state index in [0.717, 1.165) is 15.6 Å². The summed E-state index contributed by atoms with van der Waals surface area (Å²) < 4.78 is 27.1. The lowest BCUT2D eigenvalue weighted by Crippen LogP contribution is -2.48. The first-order valence-corrected chi connectivity index (χ1v) is 8.95. The Morgan fingerprint density at radius 2 is 2.29 bits per heavy atom. The first kappa shape index (κ1) is 14.7. The standard InChI is InChI=1S/C11H10BrN3O4S2/c12-9-1-2-10(20-9)21(18,19)15-4-7-6(13-5-14-7)3-8(15)11(16)17/h1-2,5,8H,3-4H2,(H,13,14)(H,16,17). The van der Waals surface area contributed by atoms with Crippen LogP contribution in [0, 0.1) is 0 Å². The largest absolute Gasteiger partial charge is 0.480 e. The van der Waals surface area contributed by atoms with Gasteiger partial charge in [-0.05, 0) is 28.1 Å². The fourth-order valence-electron chi connectivity index (χ4n) is 2.23. The molecule has 112 valence electrons. The molecule has 3 heterocycles. The Balaban J connectivity index is 2.05. The maximum atomic E-state index is 12.7. The first-order valence-electron chi connectivity index (χ1n) is 5.90. The Morgan fingerprint density at radius 3 is 2.90 bits per heavy atom. The van der Waals surface area contributed by atoms with Gasteiger partial charge in [0, 0.05) is 6.42 Å². The number of aliphatic carboxylic acids is 1. The molecule has 0 amide bonds. The summed E-state index contributed by atoms with van der Waals surface area (Å²) in [5.74, 6) is -1.18. The van der Waals surface area contributed by atoms with Gasteiger partial charge in [-0.1, -0.05) is 0 Å². The van der Waals surface area contributed by atoms with Crippen molar-refractivity contribution in [3.63, 3.8) is 0 Å². The van der Waals surface area contributed by atoms with E-state index in [1.807, 2.05) is 0 Å². The van der Waals surface area contributed by atoms with E-state index in [9.17, 15) is 18.3 Å². The van der Waals surface area contributed by atoms with Crippen molar-refractivity contribution in [3.8, 4) is 0 Å². The summed E-state index contributed by atoms with van der Waals surface area (Å²) in [6.07, 6.45) is 1.50. The number of carboxylic acids is 1. The van der Waals surface area contributed by atoms with Gasteiger partial charge in [-0.15, -0.1) is 11.3 Å². The van der Waals surface area contributed by atoms with Crippen molar-refractivity contribution in [3.05, 3.63) is 33.6 Å². The number of sulfonamides is 1. The van der Waals surface area contributed by atoms with Crippen molar-refractivity contribution in [2.75, 3.05) is 0 Å². The molecular formula is C11H10BrN3O4S2. The van der Waals surface area contributed by atoms with Crippen LogP contribution >= 0.6 is 27.3 Å². The normalized spacial score (nSPS) is 19.4. The highest BCUT2D eigenvalue weighted by Crippen LogP contribution is 2.32. The summed E-state index contributed by atoms with van der Waals surface area (Å²) in [7, 11) is -3.86. The number of aromatic nitrogens is 2. The zero-order valence-electron chi connectivity index (χ0n) is 10.5. The Bertz CT molecular complexity index is 798. The zero-order valence-corrected chi connectivity index (χ0v) is 13.7. The van der Waals surface area contributed by atoms with E-state index in [1.54, 1.807) is 6.07 Å². The molecule has 2 N–H and O–H groups in total. The summed E-state index contributed by atoms with van der Waals surface area (Å²) in [4.78, 5) is 18.3. The van der Waals surface area contributed by atoms with E-state index >= 15 is 0 Å². The number of nitrogens with zero attached hydrogens (tertiary/aromatic N) is 2. The minimum atomic E-state index is -3.86. The first-order chi connectivity index (χ1) is 9.89. The Morgan fingerprint density at radius 1 is 1.52 bits per heavy atom. The third kappa shape index (κ3) is 2.52. The summed E-state index contributed by atoms with van der Waals surface area (Å²) in [5, 5.41) is 9.34. The number of carboxylic acid groups (broad SMARTS) is 1. The highest BCUT2D eigenvalue weighted by Gasteiger charge is 2.41.